The molecule has 0 saturated carbocycles. The van der Waals surface area contributed by atoms with Crippen molar-refractivity contribution < 1.29 is 14.3 Å². The molecule has 0 bridgehead atoms. The smallest absolute Gasteiger partial charge is 0.251 e. The molecule has 106 valence electrons. The van der Waals surface area contributed by atoms with Gasteiger partial charge in [-0.05, 0) is 38.4 Å². The number of hydrogen-bond donors (Lipinski definition) is 2. The molecule has 0 saturated heterocycles. The molecule has 1 aromatic carbocycles. The minimum atomic E-state index is -0.137. The molecule has 0 fully saturated rings. The van der Waals surface area contributed by atoms with E-state index < -0.39 is 0 Å². The third kappa shape index (κ3) is 4.79. The van der Waals surface area contributed by atoms with Gasteiger partial charge < -0.3 is 20.5 Å². The summed E-state index contributed by atoms with van der Waals surface area (Å²) in [5, 5.41) is 2.93. The number of carbonyl (C=O) groups is 1. The molecule has 1 amide bonds. The molecule has 3 N–H and O–H groups in total. The lowest BCUT2D eigenvalue weighted by Crippen LogP contribution is -2.32. The fourth-order valence-corrected chi connectivity index (χ4v) is 1.74. The van der Waals surface area contributed by atoms with Crippen LogP contribution in [0.1, 0.15) is 30.1 Å². The average Bonchev–Trinajstić information content (AvgIpc) is 2.44. The minimum absolute atomic E-state index is 0.0910. The van der Waals surface area contributed by atoms with Crippen LogP contribution in [0.5, 0.6) is 11.5 Å². The van der Waals surface area contributed by atoms with Gasteiger partial charge in [0.05, 0.1) is 14.2 Å². The fourth-order valence-electron chi connectivity index (χ4n) is 1.74. The van der Waals surface area contributed by atoms with Crippen molar-refractivity contribution in [3.8, 4) is 11.5 Å². The Bertz CT molecular complexity index is 399. The predicted molar refractivity (Wildman–Crippen MR) is 74.8 cm³/mol. The molecule has 0 radical (unpaired) electrons. The molecule has 5 nitrogen and oxygen atoms in total. The summed E-state index contributed by atoms with van der Waals surface area (Å²) >= 11 is 0. The summed E-state index contributed by atoms with van der Waals surface area (Å²) < 4.78 is 10.3. The molecule has 5 heteroatoms. The number of benzene rings is 1. The third-order valence-corrected chi connectivity index (χ3v) is 2.83. The maximum Gasteiger partial charge on any atom is 0.251 e. The summed E-state index contributed by atoms with van der Waals surface area (Å²) in [6, 6.07) is 5.20. The lowest BCUT2D eigenvalue weighted by molar-refractivity contribution is 0.0937. The minimum Gasteiger partial charge on any atom is -0.497 e. The van der Waals surface area contributed by atoms with Gasteiger partial charge in [-0.2, -0.15) is 0 Å². The van der Waals surface area contributed by atoms with Crippen LogP contribution >= 0.6 is 0 Å². The Morgan fingerprint density at radius 1 is 1.26 bits per heavy atom. The Labute approximate surface area is 114 Å². The van der Waals surface area contributed by atoms with Crippen LogP contribution in [0.25, 0.3) is 0 Å². The van der Waals surface area contributed by atoms with Gasteiger partial charge in [-0.25, -0.2) is 0 Å². The molecular formula is C14H22N2O3. The Balaban J connectivity index is 2.75. The average molecular weight is 266 g/mol. The molecule has 1 aromatic rings. The molecule has 1 unspecified atom stereocenters. The normalized spacial score (nSPS) is 11.8. The molecule has 1 atom stereocenters. The molecule has 0 heterocycles. The van der Waals surface area contributed by atoms with Crippen LogP contribution in [0, 0.1) is 0 Å². The Morgan fingerprint density at radius 3 is 2.32 bits per heavy atom. The second kappa shape index (κ2) is 7.63. The Kier molecular flexibility index (Phi) is 6.15. The van der Waals surface area contributed by atoms with Gasteiger partial charge in [-0.15, -0.1) is 0 Å². The zero-order valence-corrected chi connectivity index (χ0v) is 11.7. The SMILES string of the molecule is COc1cc(OC)cc(C(=O)NC(C)CCCN)c1. The monoisotopic (exact) mass is 266 g/mol. The van der Waals surface area contributed by atoms with E-state index in [1.165, 1.54) is 0 Å². The first-order valence-electron chi connectivity index (χ1n) is 6.34. The number of rotatable bonds is 7. The zero-order chi connectivity index (χ0) is 14.3. The fraction of sp³-hybridized carbons (Fsp3) is 0.500. The summed E-state index contributed by atoms with van der Waals surface area (Å²) in [5.74, 6) is 1.06. The van der Waals surface area contributed by atoms with Crippen LogP contribution in [-0.4, -0.2) is 32.7 Å². The molecule has 0 spiro atoms. The molecule has 0 aromatic heterocycles. The standard InChI is InChI=1S/C14H22N2O3/c1-10(5-4-6-15)16-14(17)11-7-12(18-2)9-13(8-11)19-3/h7-10H,4-6,15H2,1-3H3,(H,16,17). The lowest BCUT2D eigenvalue weighted by Gasteiger charge is -2.14. The van der Waals surface area contributed by atoms with E-state index >= 15 is 0 Å². The number of amides is 1. The van der Waals surface area contributed by atoms with Gasteiger partial charge in [0.1, 0.15) is 11.5 Å². The van der Waals surface area contributed by atoms with Crippen molar-refractivity contribution in [1.29, 1.82) is 0 Å². The van der Waals surface area contributed by atoms with Gasteiger partial charge in [0.25, 0.3) is 5.91 Å². The van der Waals surface area contributed by atoms with E-state index in [1.807, 2.05) is 6.92 Å². The highest BCUT2D eigenvalue weighted by Gasteiger charge is 2.12. The van der Waals surface area contributed by atoms with Gasteiger partial charge in [-0.3, -0.25) is 4.79 Å². The van der Waals surface area contributed by atoms with Gasteiger partial charge >= 0.3 is 0 Å². The van der Waals surface area contributed by atoms with E-state index in [9.17, 15) is 4.79 Å². The van der Waals surface area contributed by atoms with Crippen molar-refractivity contribution in [2.45, 2.75) is 25.8 Å². The number of methoxy groups -OCH3 is 2. The molecule has 0 aliphatic rings. The van der Waals surface area contributed by atoms with Crippen molar-refractivity contribution in [3.05, 3.63) is 23.8 Å². The van der Waals surface area contributed by atoms with E-state index in [-0.39, 0.29) is 11.9 Å². The van der Waals surface area contributed by atoms with E-state index in [0.717, 1.165) is 12.8 Å². The van der Waals surface area contributed by atoms with Crippen molar-refractivity contribution in [2.24, 2.45) is 5.73 Å². The summed E-state index contributed by atoms with van der Waals surface area (Å²) in [4.78, 5) is 12.1. The Morgan fingerprint density at radius 2 is 1.84 bits per heavy atom. The number of carbonyl (C=O) groups excluding carboxylic acids is 1. The van der Waals surface area contributed by atoms with Crippen molar-refractivity contribution >= 4 is 5.91 Å². The highest BCUT2D eigenvalue weighted by Crippen LogP contribution is 2.22. The summed E-state index contributed by atoms with van der Waals surface area (Å²) in [5.41, 5.74) is 5.97. The number of nitrogens with one attached hydrogen (secondary N) is 1. The maximum atomic E-state index is 12.1. The highest BCUT2D eigenvalue weighted by molar-refractivity contribution is 5.95. The van der Waals surface area contributed by atoms with Crippen LogP contribution < -0.4 is 20.5 Å². The highest BCUT2D eigenvalue weighted by atomic mass is 16.5. The van der Waals surface area contributed by atoms with E-state index in [0.29, 0.717) is 23.6 Å². The van der Waals surface area contributed by atoms with Crippen LogP contribution in [0.15, 0.2) is 18.2 Å². The lowest BCUT2D eigenvalue weighted by atomic mass is 10.1. The maximum absolute atomic E-state index is 12.1. The second-order valence-corrected chi connectivity index (χ2v) is 4.41. The number of ether oxygens (including phenoxy) is 2. The quantitative estimate of drug-likeness (QED) is 0.785. The van der Waals surface area contributed by atoms with Crippen LogP contribution in [-0.2, 0) is 0 Å². The molecule has 1 rings (SSSR count). The van der Waals surface area contributed by atoms with E-state index in [1.54, 1.807) is 32.4 Å². The number of nitrogens with two attached hydrogens (primary N) is 1. The first-order valence-corrected chi connectivity index (χ1v) is 6.34. The van der Waals surface area contributed by atoms with Gasteiger partial charge in [-0.1, -0.05) is 0 Å². The van der Waals surface area contributed by atoms with Gasteiger partial charge in [0.15, 0.2) is 0 Å². The topological polar surface area (TPSA) is 73.6 Å². The molecule has 0 aliphatic carbocycles. The van der Waals surface area contributed by atoms with Gasteiger partial charge in [0.2, 0.25) is 0 Å². The second-order valence-electron chi connectivity index (χ2n) is 4.41. The first kappa shape index (κ1) is 15.3. The van der Waals surface area contributed by atoms with Crippen LogP contribution in [0.3, 0.4) is 0 Å². The number of hydrogen-bond acceptors (Lipinski definition) is 4. The van der Waals surface area contributed by atoms with E-state index in [4.69, 9.17) is 15.2 Å². The van der Waals surface area contributed by atoms with Crippen molar-refractivity contribution in [2.75, 3.05) is 20.8 Å². The predicted octanol–water partition coefficient (Wildman–Crippen LogP) is 1.56. The summed E-state index contributed by atoms with van der Waals surface area (Å²) in [7, 11) is 3.11. The molecule has 0 aliphatic heterocycles. The van der Waals surface area contributed by atoms with Gasteiger partial charge in [0, 0.05) is 17.7 Å². The Hall–Kier alpha value is -1.75. The molecular weight excluding hydrogens is 244 g/mol. The first-order chi connectivity index (χ1) is 9.10. The van der Waals surface area contributed by atoms with Crippen LogP contribution in [0.4, 0.5) is 0 Å². The van der Waals surface area contributed by atoms with Crippen molar-refractivity contribution in [3.63, 3.8) is 0 Å². The largest absolute Gasteiger partial charge is 0.497 e. The van der Waals surface area contributed by atoms with E-state index in [2.05, 4.69) is 5.32 Å². The summed E-state index contributed by atoms with van der Waals surface area (Å²) in [6.45, 7) is 2.60. The zero-order valence-electron chi connectivity index (χ0n) is 11.7. The van der Waals surface area contributed by atoms with Crippen LogP contribution in [0.2, 0.25) is 0 Å². The summed E-state index contributed by atoms with van der Waals surface area (Å²) in [6.07, 6.45) is 1.76. The third-order valence-electron chi connectivity index (χ3n) is 2.83. The van der Waals surface area contributed by atoms with Crippen molar-refractivity contribution in [1.82, 2.24) is 5.32 Å². The molecule has 19 heavy (non-hydrogen) atoms.